The quantitative estimate of drug-likeness (QED) is 0.615. The maximum atomic E-state index is 12.8. The molecule has 0 saturated carbocycles. The Labute approximate surface area is 170 Å². The van der Waals surface area contributed by atoms with E-state index in [1.54, 1.807) is 56.3 Å². The van der Waals surface area contributed by atoms with Gasteiger partial charge in [-0.05, 0) is 64.1 Å². The predicted octanol–water partition coefficient (Wildman–Crippen LogP) is 4.04. The van der Waals surface area contributed by atoms with Crippen molar-refractivity contribution in [3.8, 4) is 5.75 Å². The first-order valence-corrected chi connectivity index (χ1v) is 9.36. The summed E-state index contributed by atoms with van der Waals surface area (Å²) in [6.07, 6.45) is -0.0511. The van der Waals surface area contributed by atoms with E-state index in [-0.39, 0.29) is 12.0 Å². The van der Waals surface area contributed by atoms with Crippen LogP contribution in [0, 0.1) is 5.41 Å². The van der Waals surface area contributed by atoms with Gasteiger partial charge in [-0.1, -0.05) is 12.1 Å². The Bertz CT molecular complexity index is 889. The number of ether oxygens (including phenoxy) is 1. The van der Waals surface area contributed by atoms with Crippen molar-refractivity contribution in [2.75, 3.05) is 16.0 Å². The topological polar surface area (TPSA) is 96.5 Å². The fourth-order valence-electron chi connectivity index (χ4n) is 2.44. The molecular weight excluding hydrogens is 370 g/mol. The lowest BCUT2D eigenvalue weighted by Crippen LogP contribution is -2.41. The highest BCUT2D eigenvalue weighted by Gasteiger charge is 2.36. The van der Waals surface area contributed by atoms with E-state index in [2.05, 4.69) is 16.0 Å². The summed E-state index contributed by atoms with van der Waals surface area (Å²) in [6, 6.07) is 13.7. The predicted molar refractivity (Wildman–Crippen MR) is 114 cm³/mol. The van der Waals surface area contributed by atoms with E-state index >= 15 is 0 Å². The summed E-state index contributed by atoms with van der Waals surface area (Å²) < 4.78 is 5.71. The molecule has 0 unspecified atom stereocenters. The molecule has 7 nitrogen and oxygen atoms in total. The highest BCUT2D eigenvalue weighted by atomic mass is 16.5. The van der Waals surface area contributed by atoms with Crippen LogP contribution in [0.2, 0.25) is 0 Å². The molecule has 0 bridgehead atoms. The molecule has 0 spiro atoms. The molecular formula is C22H27N3O4. The number of rotatable bonds is 7. The summed E-state index contributed by atoms with van der Waals surface area (Å²) in [4.78, 5) is 36.6. The molecule has 2 aromatic carbocycles. The second kappa shape index (κ2) is 9.23. The van der Waals surface area contributed by atoms with Gasteiger partial charge in [0.25, 0.3) is 0 Å². The molecule has 2 aromatic rings. The number of nitrogens with one attached hydrogen (secondary N) is 3. The standard InChI is InChI=1S/C22H27N3O4/c1-14(2)29-19-9-7-6-8-18(19)25-21(28)22(4,5)20(27)24-17-12-10-16(11-13-17)23-15(3)26/h6-14H,1-5H3,(H,23,26)(H,24,27)(H,25,28). The van der Waals surface area contributed by atoms with Crippen molar-refractivity contribution in [3.63, 3.8) is 0 Å². The number of carbonyl (C=O) groups excluding carboxylic acids is 3. The smallest absolute Gasteiger partial charge is 0.239 e. The highest BCUT2D eigenvalue weighted by Crippen LogP contribution is 2.28. The van der Waals surface area contributed by atoms with Crippen molar-refractivity contribution in [3.05, 3.63) is 48.5 Å². The summed E-state index contributed by atoms with van der Waals surface area (Å²) in [5.74, 6) is -0.545. The van der Waals surface area contributed by atoms with Crippen LogP contribution >= 0.6 is 0 Å². The molecule has 0 radical (unpaired) electrons. The first kappa shape index (κ1) is 21.9. The first-order chi connectivity index (χ1) is 13.6. The van der Waals surface area contributed by atoms with Crippen molar-refractivity contribution < 1.29 is 19.1 Å². The minimum absolute atomic E-state index is 0.0511. The third kappa shape index (κ3) is 6.07. The van der Waals surface area contributed by atoms with E-state index < -0.39 is 17.2 Å². The largest absolute Gasteiger partial charge is 0.489 e. The van der Waals surface area contributed by atoms with Crippen LogP contribution in [0.1, 0.15) is 34.6 Å². The normalized spacial score (nSPS) is 11.0. The maximum Gasteiger partial charge on any atom is 0.239 e. The maximum absolute atomic E-state index is 12.8. The molecule has 3 amide bonds. The molecule has 0 heterocycles. The SMILES string of the molecule is CC(=O)Nc1ccc(NC(=O)C(C)(C)C(=O)Nc2ccccc2OC(C)C)cc1. The molecule has 0 aromatic heterocycles. The average molecular weight is 397 g/mol. The zero-order valence-corrected chi connectivity index (χ0v) is 17.3. The summed E-state index contributed by atoms with van der Waals surface area (Å²) >= 11 is 0. The molecule has 0 atom stereocenters. The van der Waals surface area contributed by atoms with Gasteiger partial charge in [-0.3, -0.25) is 14.4 Å². The van der Waals surface area contributed by atoms with Crippen LogP contribution < -0.4 is 20.7 Å². The molecule has 0 fully saturated rings. The van der Waals surface area contributed by atoms with E-state index in [9.17, 15) is 14.4 Å². The number of para-hydroxylation sites is 2. The lowest BCUT2D eigenvalue weighted by molar-refractivity contribution is -0.135. The highest BCUT2D eigenvalue weighted by molar-refractivity contribution is 6.14. The van der Waals surface area contributed by atoms with E-state index in [4.69, 9.17) is 4.74 Å². The molecule has 2 rings (SSSR count). The first-order valence-electron chi connectivity index (χ1n) is 9.36. The summed E-state index contributed by atoms with van der Waals surface area (Å²) in [5, 5.41) is 8.17. The lowest BCUT2D eigenvalue weighted by Gasteiger charge is -2.24. The third-order valence-corrected chi connectivity index (χ3v) is 4.10. The van der Waals surface area contributed by atoms with Gasteiger partial charge in [-0.15, -0.1) is 0 Å². The Morgan fingerprint density at radius 1 is 0.828 bits per heavy atom. The molecule has 154 valence electrons. The summed E-state index contributed by atoms with van der Waals surface area (Å²) in [5.41, 5.74) is 0.316. The Morgan fingerprint density at radius 2 is 1.34 bits per heavy atom. The number of anilines is 3. The Morgan fingerprint density at radius 3 is 1.90 bits per heavy atom. The minimum atomic E-state index is -1.33. The van der Waals surface area contributed by atoms with E-state index in [0.717, 1.165) is 0 Å². The number of hydrogen-bond acceptors (Lipinski definition) is 4. The van der Waals surface area contributed by atoms with Crippen molar-refractivity contribution in [1.82, 2.24) is 0 Å². The van der Waals surface area contributed by atoms with Crippen LogP contribution in [0.25, 0.3) is 0 Å². The molecule has 0 saturated heterocycles. The number of benzene rings is 2. The average Bonchev–Trinajstić information content (AvgIpc) is 2.64. The van der Waals surface area contributed by atoms with Crippen LogP contribution in [0.5, 0.6) is 5.75 Å². The number of carbonyl (C=O) groups is 3. The van der Waals surface area contributed by atoms with Crippen LogP contribution in [0.4, 0.5) is 17.1 Å². The fourth-order valence-corrected chi connectivity index (χ4v) is 2.44. The van der Waals surface area contributed by atoms with Gasteiger partial charge >= 0.3 is 0 Å². The Hall–Kier alpha value is -3.35. The zero-order valence-electron chi connectivity index (χ0n) is 17.3. The monoisotopic (exact) mass is 397 g/mol. The Balaban J connectivity index is 2.08. The fraction of sp³-hybridized carbons (Fsp3) is 0.318. The van der Waals surface area contributed by atoms with Crippen LogP contribution in [0.15, 0.2) is 48.5 Å². The van der Waals surface area contributed by atoms with E-state index in [1.165, 1.54) is 6.92 Å². The van der Waals surface area contributed by atoms with Crippen LogP contribution in [-0.2, 0) is 14.4 Å². The number of amides is 3. The minimum Gasteiger partial charge on any atom is -0.489 e. The van der Waals surface area contributed by atoms with Gasteiger partial charge in [-0.2, -0.15) is 0 Å². The summed E-state index contributed by atoms with van der Waals surface area (Å²) in [6.45, 7) is 8.31. The van der Waals surface area contributed by atoms with Gasteiger partial charge in [0.05, 0.1) is 11.8 Å². The zero-order chi connectivity index (χ0) is 21.6. The molecule has 0 aliphatic heterocycles. The van der Waals surface area contributed by atoms with Crippen molar-refractivity contribution in [2.45, 2.75) is 40.7 Å². The summed E-state index contributed by atoms with van der Waals surface area (Å²) in [7, 11) is 0. The van der Waals surface area contributed by atoms with Gasteiger partial charge < -0.3 is 20.7 Å². The molecule has 29 heavy (non-hydrogen) atoms. The third-order valence-electron chi connectivity index (χ3n) is 4.10. The van der Waals surface area contributed by atoms with Gasteiger partial charge in [0.15, 0.2) is 0 Å². The van der Waals surface area contributed by atoms with Crippen molar-refractivity contribution in [2.24, 2.45) is 5.41 Å². The van der Waals surface area contributed by atoms with Crippen LogP contribution in [-0.4, -0.2) is 23.8 Å². The second-order valence-electron chi connectivity index (χ2n) is 7.45. The van der Waals surface area contributed by atoms with E-state index in [1.807, 2.05) is 19.9 Å². The van der Waals surface area contributed by atoms with Gasteiger partial charge in [0.1, 0.15) is 11.2 Å². The number of hydrogen-bond donors (Lipinski definition) is 3. The molecule has 7 heteroatoms. The van der Waals surface area contributed by atoms with Crippen molar-refractivity contribution >= 4 is 34.8 Å². The van der Waals surface area contributed by atoms with Gasteiger partial charge in [-0.25, -0.2) is 0 Å². The molecule has 3 N–H and O–H groups in total. The lowest BCUT2D eigenvalue weighted by atomic mass is 9.90. The molecule has 0 aliphatic rings. The van der Waals surface area contributed by atoms with Crippen molar-refractivity contribution in [1.29, 1.82) is 0 Å². The van der Waals surface area contributed by atoms with Crippen LogP contribution in [0.3, 0.4) is 0 Å². The Kier molecular flexibility index (Phi) is 6.98. The van der Waals surface area contributed by atoms with Gasteiger partial charge in [0, 0.05) is 18.3 Å². The van der Waals surface area contributed by atoms with E-state index in [0.29, 0.717) is 22.8 Å². The second-order valence-corrected chi connectivity index (χ2v) is 7.45. The van der Waals surface area contributed by atoms with Gasteiger partial charge in [0.2, 0.25) is 17.7 Å². The molecule has 0 aliphatic carbocycles.